The summed E-state index contributed by atoms with van der Waals surface area (Å²) in [6, 6.07) is 3.60. The van der Waals surface area contributed by atoms with E-state index in [1.807, 2.05) is 0 Å². The molecule has 3 N–H and O–H groups in total. The Morgan fingerprint density at radius 2 is 1.60 bits per heavy atom. The number of rotatable bonds is 10. The first kappa shape index (κ1) is 16.6. The lowest BCUT2D eigenvalue weighted by Gasteiger charge is -2.12. The average molecular weight is 283 g/mol. The fourth-order valence-electron chi connectivity index (χ4n) is 2.00. The first-order chi connectivity index (χ1) is 9.72. The summed E-state index contributed by atoms with van der Waals surface area (Å²) in [5.74, 6) is 0.871. The third kappa shape index (κ3) is 5.27. The molecule has 0 saturated carbocycles. The van der Waals surface area contributed by atoms with E-state index in [1.165, 1.54) is 14.2 Å². The van der Waals surface area contributed by atoms with Crippen molar-refractivity contribution in [2.24, 2.45) is 0 Å². The van der Waals surface area contributed by atoms with Gasteiger partial charge in [-0.25, -0.2) is 0 Å². The van der Waals surface area contributed by atoms with Gasteiger partial charge in [0.05, 0.1) is 14.2 Å². The number of hydrogen-bond donors (Lipinski definition) is 3. The van der Waals surface area contributed by atoms with Crippen molar-refractivity contribution < 1.29 is 19.7 Å². The average Bonchev–Trinajstić information content (AvgIpc) is 2.47. The van der Waals surface area contributed by atoms with Gasteiger partial charge in [-0.1, -0.05) is 12.8 Å². The summed E-state index contributed by atoms with van der Waals surface area (Å²) in [4.78, 5) is 0. The van der Waals surface area contributed by atoms with Crippen molar-refractivity contribution in [3.05, 3.63) is 17.7 Å². The first-order valence-electron chi connectivity index (χ1n) is 6.98. The predicted molar refractivity (Wildman–Crippen MR) is 78.5 cm³/mol. The summed E-state index contributed by atoms with van der Waals surface area (Å²) in [7, 11) is 3.04. The highest BCUT2D eigenvalue weighted by molar-refractivity contribution is 5.52. The van der Waals surface area contributed by atoms with E-state index in [9.17, 15) is 5.11 Å². The number of phenolic OH excluding ortho intramolecular Hbond substituents is 1. The largest absolute Gasteiger partial charge is 0.502 e. The highest BCUT2D eigenvalue weighted by atomic mass is 16.5. The van der Waals surface area contributed by atoms with Crippen LogP contribution in [-0.2, 0) is 6.54 Å². The van der Waals surface area contributed by atoms with Crippen molar-refractivity contribution in [3.8, 4) is 17.2 Å². The maximum Gasteiger partial charge on any atom is 0.200 e. The molecule has 1 aromatic carbocycles. The maximum atomic E-state index is 9.81. The molecule has 0 radical (unpaired) electrons. The summed E-state index contributed by atoms with van der Waals surface area (Å²) in [6.07, 6.45) is 4.16. The fourth-order valence-corrected chi connectivity index (χ4v) is 2.00. The number of methoxy groups -OCH3 is 2. The molecule has 0 unspecified atom stereocenters. The fraction of sp³-hybridized carbons (Fsp3) is 0.600. The number of ether oxygens (including phenoxy) is 2. The zero-order valence-electron chi connectivity index (χ0n) is 12.3. The molecule has 0 aliphatic carbocycles. The zero-order valence-corrected chi connectivity index (χ0v) is 12.3. The van der Waals surface area contributed by atoms with Gasteiger partial charge < -0.3 is 25.0 Å². The molecule has 0 atom stereocenters. The van der Waals surface area contributed by atoms with Crippen molar-refractivity contribution in [2.75, 3.05) is 27.4 Å². The Morgan fingerprint density at radius 3 is 2.15 bits per heavy atom. The molecule has 5 heteroatoms. The Bertz CT molecular complexity index is 370. The van der Waals surface area contributed by atoms with Crippen LogP contribution in [0.1, 0.15) is 31.2 Å². The van der Waals surface area contributed by atoms with Crippen LogP contribution < -0.4 is 14.8 Å². The van der Waals surface area contributed by atoms with Crippen LogP contribution in [0.4, 0.5) is 0 Å². The number of aliphatic hydroxyl groups is 1. The van der Waals surface area contributed by atoms with Gasteiger partial charge >= 0.3 is 0 Å². The lowest BCUT2D eigenvalue weighted by Crippen LogP contribution is -2.14. The van der Waals surface area contributed by atoms with E-state index in [-0.39, 0.29) is 12.4 Å². The summed E-state index contributed by atoms with van der Waals surface area (Å²) in [6.45, 7) is 1.91. The molecule has 0 amide bonds. The molecule has 0 bridgehead atoms. The van der Waals surface area contributed by atoms with Crippen LogP contribution >= 0.6 is 0 Å². The van der Waals surface area contributed by atoms with E-state index in [0.29, 0.717) is 18.0 Å². The molecule has 0 fully saturated rings. The molecule has 0 spiro atoms. The van der Waals surface area contributed by atoms with Gasteiger partial charge in [-0.05, 0) is 37.1 Å². The zero-order chi connectivity index (χ0) is 14.8. The van der Waals surface area contributed by atoms with E-state index in [0.717, 1.165) is 37.8 Å². The highest BCUT2D eigenvalue weighted by Gasteiger charge is 2.10. The van der Waals surface area contributed by atoms with Crippen LogP contribution in [-0.4, -0.2) is 37.6 Å². The Balaban J connectivity index is 2.40. The van der Waals surface area contributed by atoms with E-state index in [2.05, 4.69) is 5.32 Å². The molecule has 0 aromatic heterocycles. The van der Waals surface area contributed by atoms with Gasteiger partial charge in [0.2, 0.25) is 5.75 Å². The van der Waals surface area contributed by atoms with Crippen molar-refractivity contribution in [1.29, 1.82) is 0 Å². The van der Waals surface area contributed by atoms with Gasteiger partial charge in [-0.3, -0.25) is 0 Å². The molecule has 0 heterocycles. The van der Waals surface area contributed by atoms with Gasteiger partial charge in [0.15, 0.2) is 11.5 Å². The maximum absolute atomic E-state index is 9.81. The van der Waals surface area contributed by atoms with Crippen LogP contribution in [0.2, 0.25) is 0 Å². The highest BCUT2D eigenvalue weighted by Crippen LogP contribution is 2.36. The summed E-state index contributed by atoms with van der Waals surface area (Å²) in [5.41, 5.74) is 1.01. The molecular formula is C15H25NO4. The molecule has 0 aliphatic heterocycles. The standard InChI is InChI=1S/C15H25NO4/c1-19-13-9-12(10-14(20-2)15(13)18)11-16-7-5-3-4-6-8-17/h9-10,16-18H,3-8,11H2,1-2H3. The van der Waals surface area contributed by atoms with Crippen LogP contribution in [0.15, 0.2) is 12.1 Å². The van der Waals surface area contributed by atoms with Crippen molar-refractivity contribution >= 4 is 0 Å². The summed E-state index contributed by atoms with van der Waals surface area (Å²) in [5, 5.41) is 21.8. The smallest absolute Gasteiger partial charge is 0.200 e. The van der Waals surface area contributed by atoms with Gasteiger partial charge in [-0.2, -0.15) is 0 Å². The van der Waals surface area contributed by atoms with E-state index in [4.69, 9.17) is 14.6 Å². The van der Waals surface area contributed by atoms with Gasteiger partial charge in [0, 0.05) is 13.2 Å². The van der Waals surface area contributed by atoms with Crippen LogP contribution in [0.5, 0.6) is 17.2 Å². The van der Waals surface area contributed by atoms with Crippen molar-refractivity contribution in [1.82, 2.24) is 5.32 Å². The van der Waals surface area contributed by atoms with Crippen LogP contribution in [0, 0.1) is 0 Å². The Morgan fingerprint density at radius 1 is 1.00 bits per heavy atom. The second-order valence-corrected chi connectivity index (χ2v) is 4.66. The summed E-state index contributed by atoms with van der Waals surface area (Å²) < 4.78 is 10.2. The lowest BCUT2D eigenvalue weighted by atomic mass is 10.1. The number of benzene rings is 1. The minimum absolute atomic E-state index is 0.0303. The molecule has 20 heavy (non-hydrogen) atoms. The number of unbranched alkanes of at least 4 members (excludes halogenated alkanes) is 3. The van der Waals surface area contributed by atoms with Crippen LogP contribution in [0.25, 0.3) is 0 Å². The van der Waals surface area contributed by atoms with E-state index in [1.54, 1.807) is 12.1 Å². The number of aliphatic hydroxyl groups excluding tert-OH is 1. The minimum Gasteiger partial charge on any atom is -0.502 e. The summed E-state index contributed by atoms with van der Waals surface area (Å²) >= 11 is 0. The first-order valence-corrected chi connectivity index (χ1v) is 6.98. The molecular weight excluding hydrogens is 258 g/mol. The number of aromatic hydroxyl groups is 1. The van der Waals surface area contributed by atoms with Crippen LogP contribution in [0.3, 0.4) is 0 Å². The molecule has 5 nitrogen and oxygen atoms in total. The third-order valence-electron chi connectivity index (χ3n) is 3.13. The topological polar surface area (TPSA) is 71.0 Å². The molecule has 1 aromatic rings. The Kier molecular flexibility index (Phi) is 7.84. The minimum atomic E-state index is 0.0303. The molecule has 0 aliphatic rings. The Hall–Kier alpha value is -1.46. The van der Waals surface area contributed by atoms with E-state index < -0.39 is 0 Å². The monoisotopic (exact) mass is 283 g/mol. The predicted octanol–water partition coefficient (Wildman–Crippen LogP) is 2.05. The quantitative estimate of drug-likeness (QED) is 0.573. The third-order valence-corrected chi connectivity index (χ3v) is 3.13. The lowest BCUT2D eigenvalue weighted by molar-refractivity contribution is 0.282. The van der Waals surface area contributed by atoms with Crippen molar-refractivity contribution in [3.63, 3.8) is 0 Å². The Labute approximate surface area is 120 Å². The molecule has 1 rings (SSSR count). The van der Waals surface area contributed by atoms with Gasteiger partial charge in [0.25, 0.3) is 0 Å². The number of phenols is 1. The normalized spacial score (nSPS) is 10.6. The van der Waals surface area contributed by atoms with Gasteiger partial charge in [0.1, 0.15) is 0 Å². The SMILES string of the molecule is COc1cc(CNCCCCCCO)cc(OC)c1O. The van der Waals surface area contributed by atoms with Crippen molar-refractivity contribution in [2.45, 2.75) is 32.2 Å². The molecule has 0 saturated heterocycles. The second-order valence-electron chi connectivity index (χ2n) is 4.66. The molecule has 114 valence electrons. The number of nitrogens with one attached hydrogen (secondary N) is 1. The second kappa shape index (κ2) is 9.44. The van der Waals surface area contributed by atoms with Gasteiger partial charge in [-0.15, -0.1) is 0 Å². The van der Waals surface area contributed by atoms with E-state index >= 15 is 0 Å². The number of hydrogen-bond acceptors (Lipinski definition) is 5.